The highest BCUT2D eigenvalue weighted by Gasteiger charge is 2.88. The molecule has 0 saturated heterocycles. The molecule has 5 atom stereocenters. The highest BCUT2D eigenvalue weighted by atomic mass is 16.5. The zero-order valence-electron chi connectivity index (χ0n) is 21.3. The molecule has 5 rings (SSSR count). The van der Waals surface area contributed by atoms with E-state index in [1.165, 1.54) is 14.2 Å². The summed E-state index contributed by atoms with van der Waals surface area (Å²) in [5.41, 5.74) is -2.94. The average Bonchev–Trinajstić information content (AvgIpc) is 3.19. The fraction of sp³-hybridized carbons (Fsp3) is 0.433. The van der Waals surface area contributed by atoms with Crippen LogP contribution in [0.15, 0.2) is 60.7 Å². The van der Waals surface area contributed by atoms with Crippen molar-refractivity contribution >= 4 is 28.9 Å². The van der Waals surface area contributed by atoms with Crippen molar-refractivity contribution in [3.8, 4) is 0 Å². The summed E-state index contributed by atoms with van der Waals surface area (Å²) in [7, 11) is 2.52. The van der Waals surface area contributed by atoms with Crippen molar-refractivity contribution in [3.63, 3.8) is 0 Å². The van der Waals surface area contributed by atoms with E-state index in [4.69, 9.17) is 9.47 Å². The van der Waals surface area contributed by atoms with E-state index in [9.17, 15) is 19.5 Å². The lowest BCUT2D eigenvalue weighted by atomic mass is 9.45. The normalized spacial score (nSPS) is 34.3. The van der Waals surface area contributed by atoms with Crippen molar-refractivity contribution in [3.05, 3.63) is 71.8 Å². The van der Waals surface area contributed by atoms with Crippen LogP contribution >= 0.6 is 0 Å². The first-order chi connectivity index (χ1) is 17.0. The molecule has 2 bridgehead atoms. The van der Waals surface area contributed by atoms with Gasteiger partial charge < -0.3 is 14.6 Å². The molecule has 2 aromatic carbocycles. The van der Waals surface area contributed by atoms with Crippen molar-refractivity contribution in [2.45, 2.75) is 39.7 Å². The number of carbonyl (C=O) groups excluding carboxylic acids is 3. The number of ether oxygens (including phenoxy) is 2. The molecule has 2 fully saturated rings. The summed E-state index contributed by atoms with van der Waals surface area (Å²) in [5.74, 6) is -2.88. The number of Topliss-reactive ketones (excluding diaryl/α,β-unsaturated/α-hetero) is 1. The standard InChI is InChI=1S/C30H32O6/c1-27(2)16-20(31)23-28(3,17-27)30(26(34)36-5)22(19-14-10-7-11-15-19)21(18-12-8-6-9-13-18)29(23,24(30)32)25(33)35-4/h6-15,20,23,31H,16-17H2,1-5H3/t20-,23+,28-,29+,30-/m0/s1. The minimum absolute atomic E-state index is 0.386. The van der Waals surface area contributed by atoms with Crippen LogP contribution in [0.5, 0.6) is 0 Å². The molecule has 36 heavy (non-hydrogen) atoms. The second kappa shape index (κ2) is 7.87. The van der Waals surface area contributed by atoms with Crippen molar-refractivity contribution in [2.24, 2.45) is 27.6 Å². The Hall–Kier alpha value is -3.25. The third-order valence-corrected chi connectivity index (χ3v) is 8.84. The highest BCUT2D eigenvalue weighted by Crippen LogP contribution is 2.80. The smallest absolute Gasteiger partial charge is 0.324 e. The summed E-state index contributed by atoms with van der Waals surface area (Å²) in [5, 5.41) is 11.7. The topological polar surface area (TPSA) is 89.9 Å². The van der Waals surface area contributed by atoms with Crippen LogP contribution in [0.25, 0.3) is 11.1 Å². The third-order valence-electron chi connectivity index (χ3n) is 8.84. The molecule has 188 valence electrons. The summed E-state index contributed by atoms with van der Waals surface area (Å²) in [6, 6.07) is 18.4. The Morgan fingerprint density at radius 3 is 1.83 bits per heavy atom. The van der Waals surface area contributed by atoms with Crippen molar-refractivity contribution in [1.29, 1.82) is 0 Å². The summed E-state index contributed by atoms with van der Waals surface area (Å²) >= 11 is 0. The van der Waals surface area contributed by atoms with Crippen LogP contribution in [-0.4, -0.2) is 43.2 Å². The van der Waals surface area contributed by atoms with Crippen LogP contribution in [0.2, 0.25) is 0 Å². The molecular formula is C30H32O6. The molecule has 0 spiro atoms. The fourth-order valence-corrected chi connectivity index (χ4v) is 8.17. The van der Waals surface area contributed by atoms with Gasteiger partial charge in [-0.15, -0.1) is 0 Å². The van der Waals surface area contributed by atoms with E-state index in [1.807, 2.05) is 81.4 Å². The van der Waals surface area contributed by atoms with Crippen molar-refractivity contribution < 1.29 is 29.0 Å². The molecule has 0 aromatic heterocycles. The molecule has 1 N–H and O–H groups in total. The number of carbonyl (C=O) groups is 3. The van der Waals surface area contributed by atoms with E-state index in [2.05, 4.69) is 0 Å². The lowest BCUT2D eigenvalue weighted by molar-refractivity contribution is -0.169. The van der Waals surface area contributed by atoms with Gasteiger partial charge in [0.2, 0.25) is 0 Å². The number of fused-ring (bicyclic) bond motifs is 5. The summed E-state index contributed by atoms with van der Waals surface area (Å²) in [6.07, 6.45) is -0.178. The molecule has 3 aliphatic rings. The van der Waals surface area contributed by atoms with E-state index in [0.717, 1.165) is 0 Å². The zero-order chi connectivity index (χ0) is 26.1. The minimum atomic E-state index is -1.86. The second-order valence-electron chi connectivity index (χ2n) is 11.4. The number of aliphatic hydroxyl groups excluding tert-OH is 1. The number of benzene rings is 2. The lowest BCUT2D eigenvalue weighted by Gasteiger charge is -2.57. The number of hydrogen-bond acceptors (Lipinski definition) is 6. The number of esters is 2. The summed E-state index contributed by atoms with van der Waals surface area (Å²) < 4.78 is 10.8. The predicted molar refractivity (Wildman–Crippen MR) is 134 cm³/mol. The van der Waals surface area contributed by atoms with Gasteiger partial charge in [-0.3, -0.25) is 14.4 Å². The maximum atomic E-state index is 15.0. The first-order valence-corrected chi connectivity index (χ1v) is 12.3. The van der Waals surface area contributed by atoms with Gasteiger partial charge in [0.05, 0.1) is 20.3 Å². The molecule has 0 aliphatic heterocycles. The number of methoxy groups -OCH3 is 2. The molecule has 0 radical (unpaired) electrons. The monoisotopic (exact) mass is 488 g/mol. The fourth-order valence-electron chi connectivity index (χ4n) is 8.17. The first-order valence-electron chi connectivity index (χ1n) is 12.3. The van der Waals surface area contributed by atoms with Crippen LogP contribution in [0.3, 0.4) is 0 Å². The molecule has 0 heterocycles. The molecular weight excluding hydrogens is 456 g/mol. The van der Waals surface area contributed by atoms with Gasteiger partial charge in [-0.2, -0.15) is 0 Å². The van der Waals surface area contributed by atoms with Crippen molar-refractivity contribution in [1.82, 2.24) is 0 Å². The van der Waals surface area contributed by atoms with Crippen LogP contribution in [0, 0.1) is 27.6 Å². The third kappa shape index (κ3) is 2.68. The van der Waals surface area contributed by atoms with E-state index in [1.54, 1.807) is 0 Å². The minimum Gasteiger partial charge on any atom is -0.468 e. The Morgan fingerprint density at radius 2 is 1.33 bits per heavy atom. The highest BCUT2D eigenvalue weighted by molar-refractivity contribution is 6.38. The molecule has 0 unspecified atom stereocenters. The van der Waals surface area contributed by atoms with Gasteiger partial charge in [-0.1, -0.05) is 81.4 Å². The Bertz CT molecular complexity index is 1280. The maximum absolute atomic E-state index is 15.0. The van der Waals surface area contributed by atoms with E-state index in [0.29, 0.717) is 35.1 Å². The number of hydrogen-bond donors (Lipinski definition) is 1. The molecule has 2 aromatic rings. The SMILES string of the molecule is COC(=O)[C@]12C(=O)[C@](C(=O)OC)(C(c3ccccc3)=C1c1ccccc1)[C@@]1(C)CC(C)(C)C[C@H](O)[C@@H]21. The predicted octanol–water partition coefficient (Wildman–Crippen LogP) is 4.32. The number of ketones is 1. The van der Waals surface area contributed by atoms with Crippen LogP contribution < -0.4 is 0 Å². The average molecular weight is 489 g/mol. The number of rotatable bonds is 4. The van der Waals surface area contributed by atoms with Gasteiger partial charge in [-0.25, -0.2) is 0 Å². The maximum Gasteiger partial charge on any atom is 0.324 e. The zero-order valence-corrected chi connectivity index (χ0v) is 21.3. The van der Waals surface area contributed by atoms with E-state index in [-0.39, 0.29) is 5.41 Å². The Morgan fingerprint density at radius 1 is 0.833 bits per heavy atom. The van der Waals surface area contributed by atoms with Crippen molar-refractivity contribution in [2.75, 3.05) is 14.2 Å². The Kier molecular flexibility index (Phi) is 5.35. The molecule has 6 heteroatoms. The summed E-state index contributed by atoms with van der Waals surface area (Å²) in [4.78, 5) is 43.0. The van der Waals surface area contributed by atoms with E-state index < -0.39 is 46.0 Å². The number of aliphatic hydroxyl groups is 1. The van der Waals surface area contributed by atoms with Gasteiger partial charge in [0, 0.05) is 11.3 Å². The van der Waals surface area contributed by atoms with Crippen LogP contribution in [0.4, 0.5) is 0 Å². The Labute approximate surface area is 211 Å². The molecule has 0 amide bonds. The molecule has 2 saturated carbocycles. The van der Waals surface area contributed by atoms with Crippen LogP contribution in [-0.2, 0) is 23.9 Å². The van der Waals surface area contributed by atoms with E-state index >= 15 is 0 Å². The Balaban J connectivity index is 2.04. The summed E-state index contributed by atoms with van der Waals surface area (Å²) in [6.45, 7) is 5.91. The first kappa shape index (κ1) is 24.4. The molecule has 6 nitrogen and oxygen atoms in total. The van der Waals surface area contributed by atoms with Gasteiger partial charge in [0.1, 0.15) is 0 Å². The second-order valence-corrected chi connectivity index (χ2v) is 11.4. The van der Waals surface area contributed by atoms with Gasteiger partial charge >= 0.3 is 11.9 Å². The van der Waals surface area contributed by atoms with Crippen LogP contribution in [0.1, 0.15) is 44.7 Å². The van der Waals surface area contributed by atoms with Gasteiger partial charge in [0.25, 0.3) is 0 Å². The lowest BCUT2D eigenvalue weighted by Crippen LogP contribution is -2.58. The van der Waals surface area contributed by atoms with Gasteiger partial charge in [0.15, 0.2) is 16.6 Å². The largest absolute Gasteiger partial charge is 0.468 e. The quantitative estimate of drug-likeness (QED) is 0.509. The van der Waals surface area contributed by atoms with Gasteiger partial charge in [-0.05, 0) is 40.5 Å². The molecule has 3 aliphatic carbocycles.